The third-order valence-electron chi connectivity index (χ3n) is 3.04. The molecule has 1 amide bonds. The number of hydrogen-bond donors (Lipinski definition) is 1. The van der Waals surface area contributed by atoms with E-state index in [1.807, 2.05) is 0 Å². The van der Waals surface area contributed by atoms with Crippen LogP contribution >= 0.6 is 0 Å². The topological polar surface area (TPSA) is 101 Å². The summed E-state index contributed by atoms with van der Waals surface area (Å²) in [4.78, 5) is 33.2. The van der Waals surface area contributed by atoms with Gasteiger partial charge in [0.25, 0.3) is 5.91 Å². The fourth-order valence-electron chi connectivity index (χ4n) is 1.92. The van der Waals surface area contributed by atoms with Crippen LogP contribution in [0.5, 0.6) is 0 Å². The third kappa shape index (κ3) is 2.96. The predicted octanol–water partition coefficient (Wildman–Crippen LogP) is 1.56. The molecule has 0 saturated heterocycles. The first kappa shape index (κ1) is 14.8. The van der Waals surface area contributed by atoms with Crippen LogP contribution in [0.4, 0.5) is 14.5 Å². The first-order valence-corrected chi connectivity index (χ1v) is 5.98. The zero-order chi connectivity index (χ0) is 15.7. The monoisotopic (exact) mass is 300 g/mol. The van der Waals surface area contributed by atoms with Gasteiger partial charge < -0.3 is 10.0 Å². The fourth-order valence-corrected chi connectivity index (χ4v) is 1.92. The fraction of sp³-hybridized carbons (Fsp3) is 0.333. The second kappa shape index (κ2) is 5.43. The molecule has 2 rings (SSSR count). The molecular formula is C12H10F2N2O5. The molecule has 0 heterocycles. The van der Waals surface area contributed by atoms with Gasteiger partial charge in [0.2, 0.25) is 5.82 Å². The number of nitrogens with zero attached hydrogens (tertiary/aromatic N) is 2. The number of aliphatic carboxylic acids is 1. The van der Waals surface area contributed by atoms with Gasteiger partial charge in [0.05, 0.1) is 4.92 Å². The minimum Gasteiger partial charge on any atom is -0.480 e. The molecule has 1 fully saturated rings. The van der Waals surface area contributed by atoms with Crippen molar-refractivity contribution >= 4 is 17.6 Å². The molecule has 0 unspecified atom stereocenters. The van der Waals surface area contributed by atoms with Crippen molar-refractivity contribution in [1.82, 2.24) is 4.90 Å². The normalized spacial score (nSPS) is 13.8. The lowest BCUT2D eigenvalue weighted by atomic mass is 10.1. The summed E-state index contributed by atoms with van der Waals surface area (Å²) in [5.41, 5.74) is -2.14. The average Bonchev–Trinajstić information content (AvgIpc) is 3.19. The van der Waals surface area contributed by atoms with Crippen molar-refractivity contribution in [2.24, 2.45) is 0 Å². The Bertz CT molecular complexity index is 630. The Hall–Kier alpha value is -2.58. The van der Waals surface area contributed by atoms with E-state index >= 15 is 0 Å². The van der Waals surface area contributed by atoms with Crippen LogP contribution in [0.3, 0.4) is 0 Å². The third-order valence-corrected chi connectivity index (χ3v) is 3.04. The van der Waals surface area contributed by atoms with Gasteiger partial charge in [0.1, 0.15) is 17.9 Å². The summed E-state index contributed by atoms with van der Waals surface area (Å²) in [6.45, 7) is -0.717. The van der Waals surface area contributed by atoms with Gasteiger partial charge in [-0.25, -0.2) is 4.39 Å². The lowest BCUT2D eigenvalue weighted by molar-refractivity contribution is -0.387. The van der Waals surface area contributed by atoms with Crippen molar-refractivity contribution in [3.05, 3.63) is 39.4 Å². The first-order chi connectivity index (χ1) is 9.82. The standard InChI is InChI=1S/C12H10F2N2O5/c13-7-3-4-8(16(20)21)11(14)10(7)12(19)15(5-9(17)18)6-1-2-6/h3-4,6H,1-2,5H2,(H,17,18). The minimum atomic E-state index is -1.60. The van der Waals surface area contributed by atoms with Gasteiger partial charge in [-0.3, -0.25) is 19.7 Å². The molecule has 7 nitrogen and oxygen atoms in total. The molecule has 112 valence electrons. The number of carbonyl (C=O) groups is 2. The number of carbonyl (C=O) groups excluding carboxylic acids is 1. The van der Waals surface area contributed by atoms with Gasteiger partial charge in [-0.1, -0.05) is 0 Å². The first-order valence-electron chi connectivity index (χ1n) is 5.98. The maximum atomic E-state index is 13.9. The Balaban J connectivity index is 2.43. The summed E-state index contributed by atoms with van der Waals surface area (Å²) in [7, 11) is 0. The van der Waals surface area contributed by atoms with E-state index < -0.39 is 52.3 Å². The van der Waals surface area contributed by atoms with Crippen LogP contribution < -0.4 is 0 Å². The van der Waals surface area contributed by atoms with Crippen LogP contribution in [0.15, 0.2) is 12.1 Å². The highest BCUT2D eigenvalue weighted by atomic mass is 19.1. The summed E-state index contributed by atoms with van der Waals surface area (Å²) in [5, 5.41) is 19.4. The van der Waals surface area contributed by atoms with E-state index in [0.29, 0.717) is 25.0 Å². The van der Waals surface area contributed by atoms with Gasteiger partial charge in [0.15, 0.2) is 0 Å². The van der Waals surface area contributed by atoms with Crippen LogP contribution in [0.1, 0.15) is 23.2 Å². The number of hydrogen-bond acceptors (Lipinski definition) is 4. The molecule has 1 aromatic carbocycles. The predicted molar refractivity (Wildman–Crippen MR) is 64.7 cm³/mol. The Morgan fingerprint density at radius 1 is 1.38 bits per heavy atom. The van der Waals surface area contributed by atoms with Crippen molar-refractivity contribution in [3.63, 3.8) is 0 Å². The lowest BCUT2D eigenvalue weighted by Gasteiger charge is -2.20. The van der Waals surface area contributed by atoms with Crippen molar-refractivity contribution in [2.75, 3.05) is 6.54 Å². The number of nitro groups is 1. The molecule has 0 aliphatic heterocycles. The summed E-state index contributed by atoms with van der Waals surface area (Å²) in [6.07, 6.45) is 1.05. The van der Waals surface area contributed by atoms with Gasteiger partial charge in [-0.05, 0) is 18.9 Å². The Labute approximate surface area is 116 Å². The quantitative estimate of drug-likeness (QED) is 0.657. The number of carboxylic acids is 1. The highest BCUT2D eigenvalue weighted by Gasteiger charge is 2.38. The van der Waals surface area contributed by atoms with Crippen LogP contribution in [0.2, 0.25) is 0 Å². The smallest absolute Gasteiger partial charge is 0.323 e. The van der Waals surface area contributed by atoms with Crippen LogP contribution in [-0.4, -0.2) is 39.4 Å². The van der Waals surface area contributed by atoms with Crippen molar-refractivity contribution < 1.29 is 28.4 Å². The maximum absolute atomic E-state index is 13.9. The van der Waals surface area contributed by atoms with Crippen LogP contribution in [0.25, 0.3) is 0 Å². The molecule has 1 aliphatic carbocycles. The molecule has 1 aliphatic rings. The lowest BCUT2D eigenvalue weighted by Crippen LogP contribution is -2.38. The summed E-state index contributed by atoms with van der Waals surface area (Å²) < 4.78 is 27.6. The molecule has 21 heavy (non-hydrogen) atoms. The number of benzene rings is 1. The van der Waals surface area contributed by atoms with E-state index in [9.17, 15) is 28.5 Å². The number of nitro benzene ring substituents is 1. The molecule has 1 N–H and O–H groups in total. The van der Waals surface area contributed by atoms with Crippen molar-refractivity contribution in [3.8, 4) is 0 Å². The zero-order valence-corrected chi connectivity index (χ0v) is 10.6. The molecule has 1 aromatic rings. The molecule has 0 spiro atoms. The number of rotatable bonds is 5. The van der Waals surface area contributed by atoms with Gasteiger partial charge >= 0.3 is 11.7 Å². The molecular weight excluding hydrogens is 290 g/mol. The van der Waals surface area contributed by atoms with E-state index in [0.717, 1.165) is 4.90 Å². The molecule has 0 bridgehead atoms. The molecule has 0 aromatic heterocycles. The summed E-state index contributed by atoms with van der Waals surface area (Å²) >= 11 is 0. The minimum absolute atomic E-state index is 0.410. The van der Waals surface area contributed by atoms with Gasteiger partial charge in [-0.2, -0.15) is 4.39 Å². The highest BCUT2D eigenvalue weighted by Crippen LogP contribution is 2.30. The van der Waals surface area contributed by atoms with E-state index in [1.54, 1.807) is 0 Å². The number of carboxylic acid groups (broad SMARTS) is 1. The van der Waals surface area contributed by atoms with Gasteiger partial charge in [0, 0.05) is 12.1 Å². The second-order valence-corrected chi connectivity index (χ2v) is 4.57. The molecule has 0 radical (unpaired) electrons. The molecule has 0 atom stereocenters. The maximum Gasteiger partial charge on any atom is 0.323 e. The molecule has 1 saturated carbocycles. The number of halogens is 2. The Morgan fingerprint density at radius 3 is 2.48 bits per heavy atom. The van der Waals surface area contributed by atoms with E-state index in [1.165, 1.54) is 0 Å². The Morgan fingerprint density at radius 2 is 2.00 bits per heavy atom. The van der Waals surface area contributed by atoms with Gasteiger partial charge in [-0.15, -0.1) is 0 Å². The van der Waals surface area contributed by atoms with E-state index in [2.05, 4.69) is 0 Å². The largest absolute Gasteiger partial charge is 0.480 e. The summed E-state index contributed by atoms with van der Waals surface area (Å²) in [6, 6.07) is 0.812. The summed E-state index contributed by atoms with van der Waals surface area (Å²) in [5.74, 6) is -5.39. The SMILES string of the molecule is O=C(O)CN(C(=O)c1c(F)ccc([N+](=O)[O-])c1F)C1CC1. The van der Waals surface area contributed by atoms with Crippen LogP contribution in [0, 0.1) is 21.7 Å². The number of amides is 1. The van der Waals surface area contributed by atoms with Crippen molar-refractivity contribution in [2.45, 2.75) is 18.9 Å². The second-order valence-electron chi connectivity index (χ2n) is 4.57. The average molecular weight is 300 g/mol. The van der Waals surface area contributed by atoms with E-state index in [-0.39, 0.29) is 0 Å². The zero-order valence-electron chi connectivity index (χ0n) is 10.6. The van der Waals surface area contributed by atoms with E-state index in [4.69, 9.17) is 5.11 Å². The highest BCUT2D eigenvalue weighted by molar-refractivity contribution is 5.97. The molecule has 9 heteroatoms. The Kier molecular flexibility index (Phi) is 3.83. The van der Waals surface area contributed by atoms with Crippen molar-refractivity contribution in [1.29, 1.82) is 0 Å². The van der Waals surface area contributed by atoms with Crippen LogP contribution in [-0.2, 0) is 4.79 Å².